The van der Waals surface area contributed by atoms with Crippen LogP contribution >= 0.6 is 0 Å². The van der Waals surface area contributed by atoms with E-state index in [2.05, 4.69) is 18.9 Å². The van der Waals surface area contributed by atoms with Gasteiger partial charge in [0.2, 0.25) is 11.6 Å². The molecule has 8 aliphatic heterocycles. The Balaban J connectivity index is 0.000000315. The van der Waals surface area contributed by atoms with E-state index in [1.807, 2.05) is 0 Å². The molecule has 0 saturated carbocycles. The van der Waals surface area contributed by atoms with Gasteiger partial charge in [-0.3, -0.25) is 0 Å². The Morgan fingerprint density at radius 1 is 0.306 bits per heavy atom. The average molecular weight is 1460 g/mol. The first-order chi connectivity index (χ1) is 45.4. The lowest BCUT2D eigenvalue weighted by Crippen LogP contribution is -2.63. The minimum Gasteiger partial charge on any atom is -0.479 e. The number of carboxylic acids is 4. The summed E-state index contributed by atoms with van der Waals surface area (Å²) in [6.07, 6.45) is -53.5. The summed E-state index contributed by atoms with van der Waals surface area (Å²) >= 11 is 0. The van der Waals surface area contributed by atoms with Crippen molar-refractivity contribution in [2.24, 2.45) is 0 Å². The van der Waals surface area contributed by atoms with Crippen LogP contribution in [0.1, 0.15) is 0 Å². The lowest BCUT2D eigenvalue weighted by molar-refractivity contribution is -0.379. The first-order valence-corrected chi connectivity index (χ1v) is 28.3. The van der Waals surface area contributed by atoms with Gasteiger partial charge in [0.1, 0.15) is 165 Å². The highest BCUT2D eigenvalue weighted by Gasteiger charge is 2.65. The standard InChI is InChI=1S/2C12H20O12.2C6H10O7.2C6H12O6/c13-1-3-4(15)9(19)12(2-14,23-3)24-11-7(18)5(16)6(17)8(22-11)10(20)21;13-1-3-5(15)7(17)8(18)10(22-3)24-12(11(20)21)9(19)6(16)4(2-14)23-12;7-1-2-3(8)4(9)6(12,13-2)5(10)11;7-1-2(8)4(5(10)11)13-6(12)3(1)9;7-1-3-4(9)5(10)6(11,2-8)12-3;7-1-2-3(8)4(9)5(10)6(11)12-2/h3-9,11,13-19H,1-2H2,(H,20,21);3-10,13-19H,1-2H2,(H,20,21);2-4,7-9,12H,1H2,(H,10,11);1-4,6-9,12H,(H,10,11);3-5,7-11H,1-2H2;2-11H,1H2/t3-,4-,5+,6+,7-,8+,9+,11-,12+;3-,4-,5-,6-,7+,8-,9+,10-,12-;2-,3-,4+,6+;1-,2-,3+,4-,6-;3-,4-,5+,6-;2-,3-,4+,5-,6+/m111011/s1. The molecule has 98 heavy (non-hydrogen) atoms. The van der Waals surface area contributed by atoms with Gasteiger partial charge in [0.15, 0.2) is 37.4 Å². The van der Waals surface area contributed by atoms with Crippen LogP contribution < -0.4 is 0 Å². The maximum atomic E-state index is 11.5. The Morgan fingerprint density at radius 3 is 1.03 bits per heavy atom. The van der Waals surface area contributed by atoms with E-state index in [0.717, 1.165) is 0 Å². The number of rotatable bonds is 16. The van der Waals surface area contributed by atoms with Crippen molar-refractivity contribution in [1.29, 1.82) is 0 Å². The molecule has 0 unspecified atom stereocenters. The smallest absolute Gasteiger partial charge is 0.367 e. The molecule has 0 aromatic heterocycles. The van der Waals surface area contributed by atoms with E-state index in [1.165, 1.54) is 0 Å². The molecule has 576 valence electrons. The molecule has 36 atom stereocenters. The molecule has 8 rings (SSSR count). The first-order valence-electron chi connectivity index (χ1n) is 28.3. The quantitative estimate of drug-likeness (QED) is 0.0682. The summed E-state index contributed by atoms with van der Waals surface area (Å²) < 4.78 is 47.8. The molecule has 36 N–H and O–H groups in total. The third kappa shape index (κ3) is 19.1. The minimum absolute atomic E-state index is 0.526. The number of aliphatic hydroxyl groups is 32. The van der Waals surface area contributed by atoms with Gasteiger partial charge in [-0.15, -0.1) is 0 Å². The molecule has 0 aromatic rings. The molecule has 0 amide bonds. The Bertz CT molecular complexity index is 2440. The van der Waals surface area contributed by atoms with Crippen molar-refractivity contribution >= 4 is 23.9 Å². The van der Waals surface area contributed by atoms with Gasteiger partial charge >= 0.3 is 29.7 Å². The van der Waals surface area contributed by atoms with E-state index in [0.29, 0.717) is 0 Å². The third-order valence-corrected chi connectivity index (χ3v) is 15.6. The predicted molar refractivity (Wildman–Crippen MR) is 283 cm³/mol. The lowest BCUT2D eigenvalue weighted by atomic mass is 9.98. The van der Waals surface area contributed by atoms with Gasteiger partial charge in [-0.1, -0.05) is 0 Å². The van der Waals surface area contributed by atoms with Crippen LogP contribution in [0.25, 0.3) is 0 Å². The largest absolute Gasteiger partial charge is 0.479 e. The first kappa shape index (κ1) is 88.4. The summed E-state index contributed by atoms with van der Waals surface area (Å²) in [6.45, 7) is -5.96. The van der Waals surface area contributed by atoms with Crippen molar-refractivity contribution in [2.75, 3.05) is 52.9 Å². The molecule has 8 saturated heterocycles. The van der Waals surface area contributed by atoms with E-state index in [1.54, 1.807) is 0 Å². The van der Waals surface area contributed by atoms with Gasteiger partial charge in [-0.05, 0) is 0 Å². The van der Waals surface area contributed by atoms with Crippen molar-refractivity contribution in [2.45, 2.75) is 219 Å². The van der Waals surface area contributed by atoms with Crippen LogP contribution in [0.15, 0.2) is 0 Å². The zero-order chi connectivity index (χ0) is 75.5. The van der Waals surface area contributed by atoms with Gasteiger partial charge in [0, 0.05) is 0 Å². The third-order valence-electron chi connectivity index (χ3n) is 15.6. The molecule has 50 nitrogen and oxygen atoms in total. The van der Waals surface area contributed by atoms with E-state index < -0.39 is 296 Å². The fraction of sp³-hybridized carbons (Fsp3) is 0.917. The Morgan fingerprint density at radius 2 is 0.663 bits per heavy atom. The number of hydrogen-bond acceptors (Lipinski definition) is 46. The summed E-state index contributed by atoms with van der Waals surface area (Å²) in [5.41, 5.74) is 0. The number of aliphatic carboxylic acids is 4. The van der Waals surface area contributed by atoms with Gasteiger partial charge in [-0.25, -0.2) is 19.2 Å². The average Bonchev–Trinajstić information content (AvgIpc) is 1.58. The van der Waals surface area contributed by atoms with Gasteiger partial charge in [-0.2, -0.15) is 0 Å². The summed E-state index contributed by atoms with van der Waals surface area (Å²) in [6, 6.07) is 0. The minimum atomic E-state index is -2.90. The van der Waals surface area contributed by atoms with Crippen LogP contribution in [0.4, 0.5) is 0 Å². The Labute approximate surface area is 545 Å². The van der Waals surface area contributed by atoms with Crippen LogP contribution in [0, 0.1) is 0 Å². The fourth-order valence-electron chi connectivity index (χ4n) is 9.64. The fourth-order valence-corrected chi connectivity index (χ4v) is 9.64. The normalized spacial score (nSPS) is 48.2. The van der Waals surface area contributed by atoms with Crippen LogP contribution in [0.5, 0.6) is 0 Å². The van der Waals surface area contributed by atoms with E-state index in [4.69, 9.17) is 146 Å². The molecule has 0 radical (unpaired) electrons. The summed E-state index contributed by atoms with van der Waals surface area (Å²) in [4.78, 5) is 43.3. The number of carbonyl (C=O) groups is 4. The van der Waals surface area contributed by atoms with E-state index in [-0.39, 0.29) is 0 Å². The molecule has 8 heterocycles. The number of hydrogen-bond donors (Lipinski definition) is 36. The van der Waals surface area contributed by atoms with Crippen molar-refractivity contribution < 1.29 is 250 Å². The molecule has 0 aliphatic carbocycles. The second-order valence-electron chi connectivity index (χ2n) is 22.2. The zero-order valence-electron chi connectivity index (χ0n) is 49.9. The molecule has 0 spiro atoms. The van der Waals surface area contributed by atoms with E-state index in [9.17, 15) is 85.6 Å². The van der Waals surface area contributed by atoms with Gasteiger partial charge in [0.25, 0.3) is 5.79 Å². The van der Waals surface area contributed by atoms with Crippen LogP contribution in [0.2, 0.25) is 0 Å². The lowest BCUT2D eigenvalue weighted by Gasteiger charge is -2.42. The van der Waals surface area contributed by atoms with Gasteiger partial charge in [0.05, 0.1) is 46.2 Å². The molecular weight excluding hydrogens is 1380 g/mol. The summed E-state index contributed by atoms with van der Waals surface area (Å²) in [7, 11) is 0. The zero-order valence-corrected chi connectivity index (χ0v) is 49.9. The number of aliphatic hydroxyl groups excluding tert-OH is 30. The van der Waals surface area contributed by atoms with Crippen LogP contribution in [0.3, 0.4) is 0 Å². The SMILES string of the molecule is O=C(O)[C@@]1(O)O[C@H](CO)[C@@H](O)[C@@H]1O.O=C(O)[C@@]1(O[C@H]2O[C@H](CO)[C@@H](O)[C@H](O)[C@H]2O)O[C@H](CO)[C@@H](O)[C@@H]1O.O=C(O)[C@H]1O[C@H](O)[C@H](O)[C@@H](O)[C@@H]1O.O=C(O)[C@H]1O[C@H](O[C@]2(CO)O[C@H](CO)[C@@H](O)[C@@H]2O)[C@H](O)[C@@H](O)[C@@H]1O.OC[C@H]1O[C@H](O)[C@H](O)[C@@H](O)[C@@H]1O.OC[C@H]1O[C@](O)(CO)[C@@H](O)[C@@H]1O. The number of carboxylic acid groups (broad SMARTS) is 4. The van der Waals surface area contributed by atoms with Gasteiger partial charge < -0.3 is 231 Å². The topological polar surface area (TPSA) is 889 Å². The maximum Gasteiger partial charge on any atom is 0.367 e. The molecule has 0 aromatic carbocycles. The second kappa shape index (κ2) is 37.1. The highest BCUT2D eigenvalue weighted by molar-refractivity contribution is 5.77. The van der Waals surface area contributed by atoms with Crippen molar-refractivity contribution in [3.05, 3.63) is 0 Å². The Hall–Kier alpha value is -3.80. The molecule has 8 fully saturated rings. The van der Waals surface area contributed by atoms with Crippen LogP contribution in [-0.2, 0) is 66.5 Å². The molecule has 8 aliphatic rings. The molecule has 0 bridgehead atoms. The Kier molecular flexibility index (Phi) is 33.4. The molecule has 50 heteroatoms. The monoisotopic (exact) mass is 1460 g/mol. The molecular formula is C48H84O50. The maximum absolute atomic E-state index is 11.5. The van der Waals surface area contributed by atoms with E-state index >= 15 is 0 Å². The van der Waals surface area contributed by atoms with Crippen molar-refractivity contribution in [3.63, 3.8) is 0 Å². The predicted octanol–water partition coefficient (Wildman–Crippen LogP) is -23.3. The highest BCUT2D eigenvalue weighted by Crippen LogP contribution is 2.39. The summed E-state index contributed by atoms with van der Waals surface area (Å²) in [5.74, 6) is -17.1. The second-order valence-corrected chi connectivity index (χ2v) is 22.2. The van der Waals surface area contributed by atoms with Crippen molar-refractivity contribution in [3.8, 4) is 0 Å². The highest BCUT2D eigenvalue weighted by atomic mass is 16.8. The van der Waals surface area contributed by atoms with Crippen LogP contribution in [-0.4, -0.2) is 480 Å². The summed E-state index contributed by atoms with van der Waals surface area (Å²) in [5, 5.41) is 331. The number of ether oxygens (including phenoxy) is 10. The van der Waals surface area contributed by atoms with Crippen molar-refractivity contribution in [1.82, 2.24) is 0 Å².